The first-order valence-corrected chi connectivity index (χ1v) is 7.38. The largest absolute Gasteiger partial charge is 0.481 e. The summed E-state index contributed by atoms with van der Waals surface area (Å²) in [5, 5.41) is 9.69. The first-order valence-electron chi connectivity index (χ1n) is 7.00. The number of imidazole rings is 1. The molecule has 22 heavy (non-hydrogen) atoms. The predicted octanol–water partition coefficient (Wildman–Crippen LogP) is 3.98. The molecule has 4 nitrogen and oxygen atoms in total. The van der Waals surface area contributed by atoms with Crippen LogP contribution in [0.5, 0.6) is 0 Å². The molecule has 0 saturated heterocycles. The van der Waals surface area contributed by atoms with Crippen molar-refractivity contribution in [1.29, 1.82) is 0 Å². The van der Waals surface area contributed by atoms with E-state index in [1.807, 2.05) is 53.9 Å². The highest BCUT2D eigenvalue weighted by molar-refractivity contribution is 6.31. The average molecular weight is 315 g/mol. The molecule has 0 radical (unpaired) electrons. The molecule has 0 bridgehead atoms. The number of aryl methyl sites for hydroxylation is 2. The molecule has 112 valence electrons. The van der Waals surface area contributed by atoms with Crippen molar-refractivity contribution in [3.8, 4) is 11.3 Å². The van der Waals surface area contributed by atoms with Crippen molar-refractivity contribution in [2.75, 3.05) is 0 Å². The van der Waals surface area contributed by atoms with Gasteiger partial charge in [-0.25, -0.2) is 4.98 Å². The first kappa shape index (κ1) is 14.6. The Balaban J connectivity index is 2.16. The number of pyridine rings is 1. The Kier molecular flexibility index (Phi) is 3.86. The third kappa shape index (κ3) is 2.70. The lowest BCUT2D eigenvalue weighted by Gasteiger charge is -2.06. The van der Waals surface area contributed by atoms with Gasteiger partial charge in [0.25, 0.3) is 0 Å². The fourth-order valence-electron chi connectivity index (χ4n) is 2.53. The summed E-state index contributed by atoms with van der Waals surface area (Å²) in [7, 11) is 0. The van der Waals surface area contributed by atoms with Crippen LogP contribution in [-0.2, 0) is 11.2 Å². The molecule has 0 fully saturated rings. The second kappa shape index (κ2) is 5.81. The normalized spacial score (nSPS) is 11.0. The van der Waals surface area contributed by atoms with Crippen LogP contribution in [0, 0.1) is 6.92 Å². The highest BCUT2D eigenvalue weighted by Gasteiger charge is 2.15. The zero-order valence-corrected chi connectivity index (χ0v) is 12.8. The van der Waals surface area contributed by atoms with Gasteiger partial charge in [-0.05, 0) is 36.8 Å². The number of carboxylic acids is 1. The van der Waals surface area contributed by atoms with Crippen LogP contribution >= 0.6 is 11.6 Å². The standard InChI is InChI=1S/C17H15ClN2O2/c1-11-10-12(5-6-13(11)18)17-14(7-8-16(21)22)20-9-3-2-4-15(20)19-17/h2-6,9-10H,7-8H2,1H3,(H,21,22). The van der Waals surface area contributed by atoms with E-state index in [9.17, 15) is 4.79 Å². The molecule has 0 amide bonds. The molecule has 5 heteroatoms. The third-order valence-corrected chi connectivity index (χ3v) is 4.06. The molecular formula is C17H15ClN2O2. The molecule has 0 saturated carbocycles. The smallest absolute Gasteiger partial charge is 0.303 e. The highest BCUT2D eigenvalue weighted by Crippen LogP contribution is 2.28. The Hall–Kier alpha value is -2.33. The lowest BCUT2D eigenvalue weighted by molar-refractivity contribution is -0.136. The number of hydrogen-bond donors (Lipinski definition) is 1. The van der Waals surface area contributed by atoms with Gasteiger partial charge in [-0.3, -0.25) is 4.79 Å². The van der Waals surface area contributed by atoms with Crippen molar-refractivity contribution in [3.05, 3.63) is 58.9 Å². The van der Waals surface area contributed by atoms with Crippen molar-refractivity contribution < 1.29 is 9.90 Å². The number of hydrogen-bond acceptors (Lipinski definition) is 2. The van der Waals surface area contributed by atoms with Crippen LogP contribution in [0.3, 0.4) is 0 Å². The minimum Gasteiger partial charge on any atom is -0.481 e. The molecule has 1 aromatic carbocycles. The van der Waals surface area contributed by atoms with Crippen LogP contribution in [-0.4, -0.2) is 20.5 Å². The van der Waals surface area contributed by atoms with Crippen molar-refractivity contribution in [3.63, 3.8) is 0 Å². The molecule has 1 N–H and O–H groups in total. The maximum atomic E-state index is 10.9. The third-order valence-electron chi connectivity index (χ3n) is 3.64. The van der Waals surface area contributed by atoms with Crippen LogP contribution in [0.4, 0.5) is 0 Å². The Morgan fingerprint density at radius 3 is 2.86 bits per heavy atom. The number of halogens is 1. The van der Waals surface area contributed by atoms with Gasteiger partial charge in [0.2, 0.25) is 0 Å². The molecule has 3 rings (SSSR count). The maximum Gasteiger partial charge on any atom is 0.303 e. The van der Waals surface area contributed by atoms with Crippen LogP contribution in [0.15, 0.2) is 42.6 Å². The first-order chi connectivity index (χ1) is 10.6. The molecule has 0 spiro atoms. The lowest BCUT2D eigenvalue weighted by atomic mass is 10.1. The molecule has 2 aromatic heterocycles. The molecule has 0 atom stereocenters. The highest BCUT2D eigenvalue weighted by atomic mass is 35.5. The van der Waals surface area contributed by atoms with E-state index in [0.29, 0.717) is 11.4 Å². The second-order valence-electron chi connectivity index (χ2n) is 5.19. The Bertz CT molecular complexity index is 855. The van der Waals surface area contributed by atoms with Gasteiger partial charge in [0, 0.05) is 23.2 Å². The molecule has 0 unspecified atom stereocenters. The van der Waals surface area contributed by atoms with E-state index >= 15 is 0 Å². The number of rotatable bonds is 4. The quantitative estimate of drug-likeness (QED) is 0.792. The zero-order chi connectivity index (χ0) is 15.7. The summed E-state index contributed by atoms with van der Waals surface area (Å²) >= 11 is 6.09. The Morgan fingerprint density at radius 1 is 1.32 bits per heavy atom. The molecule has 3 aromatic rings. The Labute approximate surface area is 133 Å². The maximum absolute atomic E-state index is 10.9. The van der Waals surface area contributed by atoms with E-state index in [1.54, 1.807) is 0 Å². The summed E-state index contributed by atoms with van der Waals surface area (Å²) < 4.78 is 1.95. The number of fused-ring (bicyclic) bond motifs is 1. The summed E-state index contributed by atoms with van der Waals surface area (Å²) in [6.07, 6.45) is 2.41. The minimum atomic E-state index is -0.816. The molecular weight excluding hydrogens is 300 g/mol. The van der Waals surface area contributed by atoms with Crippen LogP contribution in [0.1, 0.15) is 17.7 Å². The minimum absolute atomic E-state index is 0.0717. The zero-order valence-electron chi connectivity index (χ0n) is 12.1. The van der Waals surface area contributed by atoms with E-state index in [0.717, 1.165) is 28.2 Å². The van der Waals surface area contributed by atoms with Gasteiger partial charge < -0.3 is 9.51 Å². The van der Waals surface area contributed by atoms with Crippen molar-refractivity contribution in [1.82, 2.24) is 9.38 Å². The number of carboxylic acid groups (broad SMARTS) is 1. The van der Waals surface area contributed by atoms with Gasteiger partial charge in [-0.15, -0.1) is 0 Å². The average Bonchev–Trinajstić information content (AvgIpc) is 2.86. The molecule has 2 heterocycles. The van der Waals surface area contributed by atoms with Crippen molar-refractivity contribution >= 4 is 23.2 Å². The SMILES string of the molecule is Cc1cc(-c2nc3ccccn3c2CCC(=O)O)ccc1Cl. The van der Waals surface area contributed by atoms with Crippen molar-refractivity contribution in [2.45, 2.75) is 19.8 Å². The topological polar surface area (TPSA) is 54.6 Å². The van der Waals surface area contributed by atoms with Crippen LogP contribution in [0.25, 0.3) is 16.9 Å². The second-order valence-corrected chi connectivity index (χ2v) is 5.60. The van der Waals surface area contributed by atoms with Gasteiger partial charge in [-0.2, -0.15) is 0 Å². The van der Waals surface area contributed by atoms with Gasteiger partial charge in [0.05, 0.1) is 17.8 Å². The summed E-state index contributed by atoms with van der Waals surface area (Å²) in [5.74, 6) is -0.816. The number of nitrogens with zero attached hydrogens (tertiary/aromatic N) is 2. The number of aromatic nitrogens is 2. The lowest BCUT2D eigenvalue weighted by Crippen LogP contribution is -2.01. The number of aliphatic carboxylic acids is 1. The van der Waals surface area contributed by atoms with E-state index < -0.39 is 5.97 Å². The van der Waals surface area contributed by atoms with E-state index in [4.69, 9.17) is 16.7 Å². The summed E-state index contributed by atoms with van der Waals surface area (Å²) in [6.45, 7) is 1.94. The summed E-state index contributed by atoms with van der Waals surface area (Å²) in [6, 6.07) is 11.5. The van der Waals surface area contributed by atoms with Crippen LogP contribution in [0.2, 0.25) is 5.02 Å². The number of benzene rings is 1. The molecule has 0 aliphatic carbocycles. The fourth-order valence-corrected chi connectivity index (χ4v) is 2.65. The van der Waals surface area contributed by atoms with Gasteiger partial charge >= 0.3 is 5.97 Å². The Morgan fingerprint density at radius 2 is 2.14 bits per heavy atom. The van der Waals surface area contributed by atoms with Crippen LogP contribution < -0.4 is 0 Å². The molecule has 0 aliphatic rings. The predicted molar refractivity (Wildman–Crippen MR) is 86.3 cm³/mol. The summed E-state index contributed by atoms with van der Waals surface area (Å²) in [5.41, 5.74) is 4.45. The number of carbonyl (C=O) groups is 1. The molecule has 0 aliphatic heterocycles. The van der Waals surface area contributed by atoms with Gasteiger partial charge in [0.1, 0.15) is 5.65 Å². The van der Waals surface area contributed by atoms with Gasteiger partial charge in [0.15, 0.2) is 0 Å². The van der Waals surface area contributed by atoms with Crippen molar-refractivity contribution in [2.24, 2.45) is 0 Å². The van der Waals surface area contributed by atoms with E-state index in [-0.39, 0.29) is 6.42 Å². The van der Waals surface area contributed by atoms with E-state index in [2.05, 4.69) is 4.98 Å². The monoisotopic (exact) mass is 314 g/mol. The van der Waals surface area contributed by atoms with Gasteiger partial charge in [-0.1, -0.05) is 23.7 Å². The van der Waals surface area contributed by atoms with E-state index in [1.165, 1.54) is 0 Å². The fraction of sp³-hybridized carbons (Fsp3) is 0.176. The summed E-state index contributed by atoms with van der Waals surface area (Å²) in [4.78, 5) is 15.6.